The second-order valence-electron chi connectivity index (χ2n) is 7.02. The molecule has 2 aromatic heterocycles. The molecular weight excluding hydrogens is 418 g/mol. The zero-order chi connectivity index (χ0) is 21.1. The lowest BCUT2D eigenvalue weighted by Crippen LogP contribution is -2.13. The van der Waals surface area contributed by atoms with Gasteiger partial charge in [0.05, 0.1) is 17.2 Å². The van der Waals surface area contributed by atoms with Crippen LogP contribution in [0.25, 0.3) is 16.2 Å². The van der Waals surface area contributed by atoms with Crippen LogP contribution in [0.2, 0.25) is 0 Å². The maximum Gasteiger partial charge on any atom is 0.261 e. The minimum Gasteiger partial charge on any atom is -0.494 e. The van der Waals surface area contributed by atoms with E-state index in [4.69, 9.17) is 4.74 Å². The van der Waals surface area contributed by atoms with Crippen LogP contribution in [-0.2, 0) is 10.0 Å². The molecule has 0 unspecified atom stereocenters. The highest BCUT2D eigenvalue weighted by Crippen LogP contribution is 2.27. The molecule has 8 heteroatoms. The molecule has 0 bridgehead atoms. The molecule has 0 amide bonds. The summed E-state index contributed by atoms with van der Waals surface area (Å²) in [4.78, 5) is 5.73. The SMILES string of the molecule is CCCCOc1ccc(S(=O)(=O)Nc2cccc(-c3cn4c(C)csc4n3)c2)cc1. The van der Waals surface area contributed by atoms with Crippen molar-refractivity contribution in [3.05, 3.63) is 65.8 Å². The fourth-order valence-electron chi connectivity index (χ4n) is 3.04. The predicted molar refractivity (Wildman–Crippen MR) is 121 cm³/mol. The number of fused-ring (bicyclic) bond motifs is 1. The van der Waals surface area contributed by atoms with Crippen LogP contribution in [-0.4, -0.2) is 24.4 Å². The van der Waals surface area contributed by atoms with Crippen molar-refractivity contribution in [1.29, 1.82) is 0 Å². The van der Waals surface area contributed by atoms with Crippen molar-refractivity contribution in [1.82, 2.24) is 9.38 Å². The maximum absolute atomic E-state index is 12.8. The Morgan fingerprint density at radius 3 is 2.70 bits per heavy atom. The smallest absolute Gasteiger partial charge is 0.261 e. The van der Waals surface area contributed by atoms with E-state index in [1.54, 1.807) is 47.7 Å². The van der Waals surface area contributed by atoms with Crippen LogP contribution in [0.1, 0.15) is 25.5 Å². The van der Waals surface area contributed by atoms with E-state index >= 15 is 0 Å². The number of thiazole rings is 1. The zero-order valence-electron chi connectivity index (χ0n) is 16.8. The lowest BCUT2D eigenvalue weighted by atomic mass is 10.1. The minimum absolute atomic E-state index is 0.189. The highest BCUT2D eigenvalue weighted by molar-refractivity contribution is 7.92. The van der Waals surface area contributed by atoms with E-state index in [0.29, 0.717) is 18.0 Å². The standard InChI is InChI=1S/C22H23N3O3S2/c1-3-4-12-28-19-8-10-20(11-9-19)30(26,27)24-18-7-5-6-17(13-18)21-14-25-16(2)15-29-22(25)23-21/h5-11,13-15,24H,3-4,12H2,1-2H3. The number of hydrogen-bond acceptors (Lipinski definition) is 5. The van der Waals surface area contributed by atoms with Crippen molar-refractivity contribution in [2.75, 3.05) is 11.3 Å². The fourth-order valence-corrected chi connectivity index (χ4v) is 4.94. The Hall–Kier alpha value is -2.84. The van der Waals surface area contributed by atoms with Crippen LogP contribution in [0.5, 0.6) is 5.75 Å². The molecule has 0 saturated carbocycles. The number of anilines is 1. The van der Waals surface area contributed by atoms with E-state index in [1.807, 2.05) is 29.7 Å². The van der Waals surface area contributed by atoms with Gasteiger partial charge in [-0.3, -0.25) is 9.12 Å². The molecule has 0 aliphatic carbocycles. The average molecular weight is 442 g/mol. The summed E-state index contributed by atoms with van der Waals surface area (Å²) in [5.74, 6) is 0.666. The minimum atomic E-state index is -3.70. The number of imidazole rings is 1. The van der Waals surface area contributed by atoms with Gasteiger partial charge in [0.15, 0.2) is 4.96 Å². The van der Waals surface area contributed by atoms with Gasteiger partial charge in [-0.2, -0.15) is 0 Å². The van der Waals surface area contributed by atoms with E-state index in [-0.39, 0.29) is 4.90 Å². The molecule has 0 aliphatic heterocycles. The van der Waals surface area contributed by atoms with Crippen LogP contribution < -0.4 is 9.46 Å². The lowest BCUT2D eigenvalue weighted by molar-refractivity contribution is 0.309. The Morgan fingerprint density at radius 1 is 1.17 bits per heavy atom. The van der Waals surface area contributed by atoms with Gasteiger partial charge >= 0.3 is 0 Å². The van der Waals surface area contributed by atoms with Gasteiger partial charge in [0.2, 0.25) is 0 Å². The number of rotatable bonds is 8. The molecule has 0 radical (unpaired) electrons. The van der Waals surface area contributed by atoms with Crippen LogP contribution in [0.3, 0.4) is 0 Å². The number of hydrogen-bond donors (Lipinski definition) is 1. The number of unbranched alkanes of at least 4 members (excludes halogenated alkanes) is 1. The number of ether oxygens (including phenoxy) is 1. The van der Waals surface area contributed by atoms with Gasteiger partial charge in [0.25, 0.3) is 10.0 Å². The van der Waals surface area contributed by atoms with Gasteiger partial charge in [-0.15, -0.1) is 11.3 Å². The molecule has 2 heterocycles. The summed E-state index contributed by atoms with van der Waals surface area (Å²) >= 11 is 1.58. The topological polar surface area (TPSA) is 72.7 Å². The van der Waals surface area contributed by atoms with E-state index in [9.17, 15) is 8.42 Å². The predicted octanol–water partition coefficient (Wildman–Crippen LogP) is 5.35. The van der Waals surface area contributed by atoms with Crippen LogP contribution in [0.15, 0.2) is 65.0 Å². The maximum atomic E-state index is 12.8. The molecule has 156 valence electrons. The number of sulfonamides is 1. The molecule has 4 aromatic rings. The number of nitrogens with zero attached hydrogens (tertiary/aromatic N) is 2. The Morgan fingerprint density at radius 2 is 1.97 bits per heavy atom. The van der Waals surface area contributed by atoms with Crippen molar-refractivity contribution in [3.63, 3.8) is 0 Å². The third kappa shape index (κ3) is 4.34. The number of aryl methyl sites for hydroxylation is 1. The summed E-state index contributed by atoms with van der Waals surface area (Å²) in [5.41, 5.74) is 3.27. The summed E-state index contributed by atoms with van der Waals surface area (Å²) in [6.45, 7) is 4.74. The first-order valence-corrected chi connectivity index (χ1v) is 12.1. The largest absolute Gasteiger partial charge is 0.494 e. The first-order valence-electron chi connectivity index (χ1n) is 9.75. The molecular formula is C22H23N3O3S2. The summed E-state index contributed by atoms with van der Waals surface area (Å²) < 4.78 is 35.9. The Balaban J connectivity index is 1.52. The van der Waals surface area contributed by atoms with E-state index < -0.39 is 10.0 Å². The first-order chi connectivity index (χ1) is 14.5. The molecule has 4 rings (SSSR count). The summed E-state index contributed by atoms with van der Waals surface area (Å²) in [6, 6.07) is 13.7. The Kier molecular flexibility index (Phi) is 5.78. The monoisotopic (exact) mass is 441 g/mol. The molecule has 0 atom stereocenters. The Labute approximate surface area is 180 Å². The molecule has 2 aromatic carbocycles. The van der Waals surface area contributed by atoms with Gasteiger partial charge in [0, 0.05) is 28.5 Å². The molecule has 0 spiro atoms. The highest BCUT2D eigenvalue weighted by Gasteiger charge is 2.15. The van der Waals surface area contributed by atoms with Gasteiger partial charge < -0.3 is 4.74 Å². The summed E-state index contributed by atoms with van der Waals surface area (Å²) in [6.07, 6.45) is 3.98. The molecule has 1 N–H and O–H groups in total. The van der Waals surface area contributed by atoms with Crippen molar-refractivity contribution >= 4 is 32.0 Å². The molecule has 30 heavy (non-hydrogen) atoms. The lowest BCUT2D eigenvalue weighted by Gasteiger charge is -2.10. The molecule has 0 aliphatic rings. The van der Waals surface area contributed by atoms with Crippen molar-refractivity contribution in [2.24, 2.45) is 0 Å². The summed E-state index contributed by atoms with van der Waals surface area (Å²) in [5, 5.41) is 2.05. The van der Waals surface area contributed by atoms with Gasteiger partial charge in [-0.25, -0.2) is 13.4 Å². The van der Waals surface area contributed by atoms with Gasteiger partial charge in [-0.1, -0.05) is 25.5 Å². The highest BCUT2D eigenvalue weighted by atomic mass is 32.2. The Bertz CT molecular complexity index is 1260. The van der Waals surface area contributed by atoms with Crippen LogP contribution in [0.4, 0.5) is 5.69 Å². The second kappa shape index (κ2) is 8.49. The van der Waals surface area contributed by atoms with Gasteiger partial charge in [0.1, 0.15) is 5.75 Å². The third-order valence-corrected chi connectivity index (χ3v) is 7.05. The average Bonchev–Trinajstić information content (AvgIpc) is 3.31. The molecule has 0 fully saturated rings. The number of benzene rings is 2. The van der Waals surface area contributed by atoms with Crippen molar-refractivity contribution in [3.8, 4) is 17.0 Å². The zero-order valence-corrected chi connectivity index (χ0v) is 18.5. The number of nitrogens with one attached hydrogen (secondary N) is 1. The van der Waals surface area contributed by atoms with E-state index in [2.05, 4.69) is 22.0 Å². The molecule has 0 saturated heterocycles. The van der Waals surface area contributed by atoms with Crippen molar-refractivity contribution < 1.29 is 13.2 Å². The normalized spacial score (nSPS) is 11.7. The second-order valence-corrected chi connectivity index (χ2v) is 9.53. The fraction of sp³-hybridized carbons (Fsp3) is 0.227. The van der Waals surface area contributed by atoms with E-state index in [0.717, 1.165) is 34.8 Å². The number of aromatic nitrogens is 2. The first kappa shape index (κ1) is 20.4. The summed E-state index contributed by atoms with van der Waals surface area (Å²) in [7, 11) is -3.70. The van der Waals surface area contributed by atoms with Crippen molar-refractivity contribution in [2.45, 2.75) is 31.6 Å². The van der Waals surface area contributed by atoms with Gasteiger partial charge in [-0.05, 0) is 49.7 Å². The quantitative estimate of drug-likeness (QED) is 0.374. The van der Waals surface area contributed by atoms with Crippen LogP contribution >= 0.6 is 11.3 Å². The van der Waals surface area contributed by atoms with E-state index in [1.165, 1.54) is 0 Å². The van der Waals surface area contributed by atoms with Crippen LogP contribution in [0, 0.1) is 6.92 Å². The molecule has 6 nitrogen and oxygen atoms in total. The third-order valence-electron chi connectivity index (χ3n) is 4.70.